The number of esters is 1. The summed E-state index contributed by atoms with van der Waals surface area (Å²) in [6.07, 6.45) is 1.82. The molecule has 0 fully saturated rings. The molecule has 2 nitrogen and oxygen atoms in total. The van der Waals surface area contributed by atoms with Crippen LogP contribution in [-0.4, -0.2) is 18.7 Å². The van der Waals surface area contributed by atoms with Crippen LogP contribution in [0.3, 0.4) is 0 Å². The molecule has 1 atom stereocenters. The summed E-state index contributed by atoms with van der Waals surface area (Å²) < 4.78 is 16.7. The van der Waals surface area contributed by atoms with E-state index >= 15 is 0 Å². The van der Waals surface area contributed by atoms with Gasteiger partial charge in [-0.15, -0.1) is 0 Å². The van der Waals surface area contributed by atoms with Crippen molar-refractivity contribution in [2.24, 2.45) is 0 Å². The van der Waals surface area contributed by atoms with Gasteiger partial charge in [0, 0.05) is 6.08 Å². The van der Waals surface area contributed by atoms with Gasteiger partial charge in [-0.05, 0) is 6.42 Å². The summed E-state index contributed by atoms with van der Waals surface area (Å²) in [5.41, 5.74) is 0. The second-order valence-corrected chi connectivity index (χ2v) is 2.21. The Balaban J connectivity index is 3.67. The Morgan fingerprint density at radius 1 is 1.82 bits per heavy atom. The number of carbonyl (C=O) groups excluding carboxylic acids is 1. The fourth-order valence-electron chi connectivity index (χ4n) is 0.702. The van der Waals surface area contributed by atoms with Gasteiger partial charge in [-0.3, -0.25) is 0 Å². The van der Waals surface area contributed by atoms with Crippen molar-refractivity contribution in [3.05, 3.63) is 12.7 Å². The zero-order valence-corrected chi connectivity index (χ0v) is 6.68. The zero-order valence-electron chi connectivity index (χ0n) is 6.68. The predicted octanol–water partition coefficient (Wildman–Crippen LogP) is 1.85. The molecule has 64 valence electrons. The molecule has 0 saturated heterocycles. The van der Waals surface area contributed by atoms with E-state index in [1.165, 1.54) is 0 Å². The van der Waals surface area contributed by atoms with Crippen molar-refractivity contribution >= 4 is 5.97 Å². The SMILES string of the molecule is C=CC(=O)OC(CF)CCC. The lowest BCUT2D eigenvalue weighted by atomic mass is 10.2. The monoisotopic (exact) mass is 160 g/mol. The van der Waals surface area contributed by atoms with E-state index in [9.17, 15) is 9.18 Å². The van der Waals surface area contributed by atoms with Gasteiger partial charge >= 0.3 is 5.97 Å². The molecular weight excluding hydrogens is 147 g/mol. The van der Waals surface area contributed by atoms with Gasteiger partial charge in [0.2, 0.25) is 0 Å². The van der Waals surface area contributed by atoms with Crippen LogP contribution < -0.4 is 0 Å². The number of rotatable bonds is 5. The van der Waals surface area contributed by atoms with Crippen molar-refractivity contribution in [3.63, 3.8) is 0 Å². The Bertz CT molecular complexity index is 134. The molecule has 0 aromatic heterocycles. The highest BCUT2D eigenvalue weighted by Crippen LogP contribution is 2.03. The molecule has 0 amide bonds. The molecule has 0 radical (unpaired) electrons. The maximum atomic E-state index is 12.0. The standard InChI is InChI=1S/C8H13FO2/c1-3-5-7(6-9)11-8(10)4-2/h4,7H,2-3,5-6H2,1H3. The molecule has 0 aromatic carbocycles. The first kappa shape index (κ1) is 10.1. The first-order valence-corrected chi connectivity index (χ1v) is 3.63. The number of alkyl halides is 1. The van der Waals surface area contributed by atoms with Crippen LogP contribution in [0.1, 0.15) is 19.8 Å². The molecule has 0 N–H and O–H groups in total. The molecule has 0 aliphatic carbocycles. The number of carbonyl (C=O) groups is 1. The molecule has 11 heavy (non-hydrogen) atoms. The van der Waals surface area contributed by atoms with Crippen LogP contribution in [0.15, 0.2) is 12.7 Å². The minimum Gasteiger partial charge on any atom is -0.456 e. The quantitative estimate of drug-likeness (QED) is 0.453. The van der Waals surface area contributed by atoms with Gasteiger partial charge in [0.1, 0.15) is 12.8 Å². The summed E-state index contributed by atoms with van der Waals surface area (Å²) in [4.78, 5) is 10.5. The van der Waals surface area contributed by atoms with E-state index in [2.05, 4.69) is 11.3 Å². The van der Waals surface area contributed by atoms with Crippen molar-refractivity contribution in [2.45, 2.75) is 25.9 Å². The van der Waals surface area contributed by atoms with E-state index in [1.54, 1.807) is 0 Å². The van der Waals surface area contributed by atoms with Crippen molar-refractivity contribution in [3.8, 4) is 0 Å². The van der Waals surface area contributed by atoms with E-state index in [4.69, 9.17) is 0 Å². The van der Waals surface area contributed by atoms with Crippen LogP contribution >= 0.6 is 0 Å². The zero-order chi connectivity index (χ0) is 8.69. The van der Waals surface area contributed by atoms with Crippen LogP contribution in [0.2, 0.25) is 0 Å². The maximum Gasteiger partial charge on any atom is 0.330 e. The third-order valence-electron chi connectivity index (χ3n) is 1.23. The van der Waals surface area contributed by atoms with Crippen LogP contribution in [0.25, 0.3) is 0 Å². The second-order valence-electron chi connectivity index (χ2n) is 2.21. The maximum absolute atomic E-state index is 12.0. The van der Waals surface area contributed by atoms with E-state index in [1.807, 2.05) is 6.92 Å². The molecule has 0 aliphatic rings. The van der Waals surface area contributed by atoms with Crippen LogP contribution in [-0.2, 0) is 9.53 Å². The molecule has 0 saturated carbocycles. The van der Waals surface area contributed by atoms with E-state index in [-0.39, 0.29) is 0 Å². The Morgan fingerprint density at radius 2 is 2.45 bits per heavy atom. The fraction of sp³-hybridized carbons (Fsp3) is 0.625. The number of hydrogen-bond donors (Lipinski definition) is 0. The first-order chi connectivity index (χ1) is 5.24. The third-order valence-corrected chi connectivity index (χ3v) is 1.23. The van der Waals surface area contributed by atoms with Gasteiger partial charge in [0.05, 0.1) is 0 Å². The van der Waals surface area contributed by atoms with Gasteiger partial charge < -0.3 is 4.74 Å². The molecule has 0 bridgehead atoms. The fourth-order valence-corrected chi connectivity index (χ4v) is 0.702. The highest BCUT2D eigenvalue weighted by Gasteiger charge is 2.10. The normalized spacial score (nSPS) is 12.2. The summed E-state index contributed by atoms with van der Waals surface area (Å²) >= 11 is 0. The van der Waals surface area contributed by atoms with Crippen LogP contribution in [0.5, 0.6) is 0 Å². The summed E-state index contributed by atoms with van der Waals surface area (Å²) in [6.45, 7) is 4.50. The highest BCUT2D eigenvalue weighted by molar-refractivity contribution is 5.81. The Hall–Kier alpha value is -0.860. The van der Waals surface area contributed by atoms with Gasteiger partial charge in [0.15, 0.2) is 0 Å². The van der Waals surface area contributed by atoms with Crippen LogP contribution in [0, 0.1) is 0 Å². The van der Waals surface area contributed by atoms with Crippen molar-refractivity contribution in [1.29, 1.82) is 0 Å². The van der Waals surface area contributed by atoms with Crippen molar-refractivity contribution in [2.75, 3.05) is 6.67 Å². The largest absolute Gasteiger partial charge is 0.456 e. The predicted molar refractivity (Wildman–Crippen MR) is 41.0 cm³/mol. The minimum atomic E-state index is -0.618. The highest BCUT2D eigenvalue weighted by atomic mass is 19.1. The lowest BCUT2D eigenvalue weighted by Crippen LogP contribution is -2.18. The molecule has 0 spiro atoms. The molecule has 3 heteroatoms. The van der Waals surface area contributed by atoms with Gasteiger partial charge in [-0.1, -0.05) is 19.9 Å². The van der Waals surface area contributed by atoms with Crippen LogP contribution in [0.4, 0.5) is 4.39 Å². The Morgan fingerprint density at radius 3 is 2.82 bits per heavy atom. The average molecular weight is 160 g/mol. The molecule has 0 aliphatic heterocycles. The molecule has 0 heterocycles. The molecule has 0 aromatic rings. The van der Waals surface area contributed by atoms with E-state index < -0.39 is 18.7 Å². The van der Waals surface area contributed by atoms with E-state index in [0.29, 0.717) is 6.42 Å². The Labute approximate surface area is 66.0 Å². The van der Waals surface area contributed by atoms with Gasteiger partial charge in [0.25, 0.3) is 0 Å². The van der Waals surface area contributed by atoms with Crippen molar-refractivity contribution in [1.82, 2.24) is 0 Å². The summed E-state index contributed by atoms with van der Waals surface area (Å²) in [5.74, 6) is -0.555. The lowest BCUT2D eigenvalue weighted by molar-refractivity contribution is -0.144. The van der Waals surface area contributed by atoms with E-state index in [0.717, 1.165) is 12.5 Å². The molecule has 1 unspecified atom stereocenters. The first-order valence-electron chi connectivity index (χ1n) is 3.63. The number of ether oxygens (including phenoxy) is 1. The second kappa shape index (κ2) is 5.89. The molecular formula is C8H13FO2. The summed E-state index contributed by atoms with van der Waals surface area (Å²) in [5, 5.41) is 0. The average Bonchev–Trinajstić information content (AvgIpc) is 2.03. The Kier molecular flexibility index (Phi) is 5.43. The third kappa shape index (κ3) is 4.53. The summed E-state index contributed by atoms with van der Waals surface area (Å²) in [7, 11) is 0. The van der Waals surface area contributed by atoms with Gasteiger partial charge in [-0.2, -0.15) is 0 Å². The summed E-state index contributed by atoms with van der Waals surface area (Å²) in [6, 6.07) is 0. The smallest absolute Gasteiger partial charge is 0.330 e. The number of hydrogen-bond acceptors (Lipinski definition) is 2. The minimum absolute atomic E-state index is 0.555. The topological polar surface area (TPSA) is 26.3 Å². The van der Waals surface area contributed by atoms with Crippen molar-refractivity contribution < 1.29 is 13.9 Å². The number of halogens is 1. The lowest BCUT2D eigenvalue weighted by Gasteiger charge is -2.11. The van der Waals surface area contributed by atoms with Gasteiger partial charge in [-0.25, -0.2) is 9.18 Å². The molecule has 0 rings (SSSR count).